The largest absolute Gasteiger partial charge is 0.479 e. The molecule has 3 nitrogen and oxygen atoms in total. The van der Waals surface area contributed by atoms with Crippen LogP contribution in [0.15, 0.2) is 36.4 Å². The Labute approximate surface area is 133 Å². The fraction of sp³-hybridized carbons (Fsp3) is 0.235. The van der Waals surface area contributed by atoms with Crippen molar-refractivity contribution in [1.29, 1.82) is 0 Å². The molecular formula is C17H15ClFNO2. The van der Waals surface area contributed by atoms with Gasteiger partial charge in [0, 0.05) is 5.02 Å². The van der Waals surface area contributed by atoms with Gasteiger partial charge in [0.05, 0.1) is 12.2 Å². The average molecular weight is 320 g/mol. The molecule has 3 rings (SSSR count). The number of rotatable bonds is 2. The number of amides is 1. The van der Waals surface area contributed by atoms with Gasteiger partial charge in [-0.1, -0.05) is 23.7 Å². The van der Waals surface area contributed by atoms with E-state index in [1.807, 2.05) is 25.1 Å². The van der Waals surface area contributed by atoms with E-state index in [9.17, 15) is 9.18 Å². The second kappa shape index (κ2) is 5.61. The van der Waals surface area contributed by atoms with Crippen molar-refractivity contribution in [2.24, 2.45) is 0 Å². The molecule has 22 heavy (non-hydrogen) atoms. The molecule has 1 heterocycles. The second-order valence-corrected chi connectivity index (χ2v) is 5.80. The number of nitrogens with zero attached hydrogens (tertiary/aromatic N) is 1. The van der Waals surface area contributed by atoms with Gasteiger partial charge < -0.3 is 9.64 Å². The van der Waals surface area contributed by atoms with E-state index in [-0.39, 0.29) is 12.5 Å². The molecule has 0 bridgehead atoms. The van der Waals surface area contributed by atoms with Crippen LogP contribution in [0.3, 0.4) is 0 Å². The second-order valence-electron chi connectivity index (χ2n) is 5.39. The van der Waals surface area contributed by atoms with Crippen molar-refractivity contribution >= 4 is 23.2 Å². The van der Waals surface area contributed by atoms with Crippen molar-refractivity contribution in [3.63, 3.8) is 0 Å². The summed E-state index contributed by atoms with van der Waals surface area (Å²) >= 11 is 6.08. The summed E-state index contributed by atoms with van der Waals surface area (Å²) in [6, 6.07) is 9.88. The monoisotopic (exact) mass is 319 g/mol. The van der Waals surface area contributed by atoms with Gasteiger partial charge in [-0.05, 0) is 49.2 Å². The summed E-state index contributed by atoms with van der Waals surface area (Å²) in [5.41, 5.74) is 2.43. The van der Waals surface area contributed by atoms with E-state index < -0.39 is 11.9 Å². The lowest BCUT2D eigenvalue weighted by atomic mass is 10.1. The van der Waals surface area contributed by atoms with Crippen LogP contribution < -0.4 is 9.64 Å². The molecular weight excluding hydrogens is 305 g/mol. The van der Waals surface area contributed by atoms with Gasteiger partial charge in [0.1, 0.15) is 11.6 Å². The smallest absolute Gasteiger partial charge is 0.268 e. The third-order valence-corrected chi connectivity index (χ3v) is 4.02. The van der Waals surface area contributed by atoms with Gasteiger partial charge in [0.2, 0.25) is 0 Å². The summed E-state index contributed by atoms with van der Waals surface area (Å²) in [5.74, 6) is 0.126. The molecule has 5 heteroatoms. The van der Waals surface area contributed by atoms with Gasteiger partial charge in [-0.3, -0.25) is 4.79 Å². The maximum atomic E-state index is 13.2. The third-order valence-electron chi connectivity index (χ3n) is 3.67. The van der Waals surface area contributed by atoms with Gasteiger partial charge in [0.15, 0.2) is 6.10 Å². The molecule has 1 aliphatic heterocycles. The number of halogens is 2. The lowest BCUT2D eigenvalue weighted by Gasteiger charge is -2.33. The van der Waals surface area contributed by atoms with Crippen LogP contribution in [0.1, 0.15) is 18.1 Å². The van der Waals surface area contributed by atoms with Crippen LogP contribution in [0.25, 0.3) is 0 Å². The fourth-order valence-corrected chi connectivity index (χ4v) is 2.73. The SMILES string of the molecule is Cc1ccc2c(c1)N(Cc1ccc(F)cc1Cl)C(=O)[C@H](C)O2. The van der Waals surface area contributed by atoms with Crippen LogP contribution in [0.2, 0.25) is 5.02 Å². The van der Waals surface area contributed by atoms with Crippen LogP contribution in [-0.2, 0) is 11.3 Å². The number of aryl methyl sites for hydroxylation is 1. The quantitative estimate of drug-likeness (QED) is 0.834. The number of anilines is 1. The zero-order valence-electron chi connectivity index (χ0n) is 12.3. The molecule has 1 amide bonds. The van der Waals surface area contributed by atoms with E-state index >= 15 is 0 Å². The summed E-state index contributed by atoms with van der Waals surface area (Å²) in [6.07, 6.45) is -0.561. The molecule has 0 aromatic heterocycles. The average Bonchev–Trinajstić information content (AvgIpc) is 2.47. The summed E-state index contributed by atoms with van der Waals surface area (Å²) in [6.45, 7) is 3.94. The normalized spacial score (nSPS) is 17.2. The number of fused-ring (bicyclic) bond motifs is 1. The number of carbonyl (C=O) groups excluding carboxylic acids is 1. The summed E-state index contributed by atoms with van der Waals surface area (Å²) in [7, 11) is 0. The van der Waals surface area contributed by atoms with Crippen LogP contribution >= 0.6 is 11.6 Å². The molecule has 0 saturated carbocycles. The van der Waals surface area contributed by atoms with Crippen molar-refractivity contribution in [1.82, 2.24) is 0 Å². The molecule has 0 saturated heterocycles. The Morgan fingerprint density at radius 1 is 1.27 bits per heavy atom. The van der Waals surface area contributed by atoms with Gasteiger partial charge in [0.25, 0.3) is 5.91 Å². The van der Waals surface area contributed by atoms with Crippen LogP contribution in [0.4, 0.5) is 10.1 Å². The number of hydrogen-bond donors (Lipinski definition) is 0. The predicted molar refractivity (Wildman–Crippen MR) is 83.9 cm³/mol. The zero-order valence-corrected chi connectivity index (χ0v) is 13.0. The predicted octanol–water partition coefficient (Wildman–Crippen LogP) is 4.10. The van der Waals surface area contributed by atoms with E-state index in [1.54, 1.807) is 17.9 Å². The van der Waals surface area contributed by atoms with Crippen molar-refractivity contribution < 1.29 is 13.9 Å². The van der Waals surface area contributed by atoms with Crippen LogP contribution in [-0.4, -0.2) is 12.0 Å². The molecule has 114 valence electrons. The molecule has 2 aromatic carbocycles. The first-order chi connectivity index (χ1) is 10.5. The molecule has 0 aliphatic carbocycles. The maximum absolute atomic E-state index is 13.2. The highest BCUT2D eigenvalue weighted by Crippen LogP contribution is 2.36. The highest BCUT2D eigenvalue weighted by Gasteiger charge is 2.31. The Hall–Kier alpha value is -2.07. The number of ether oxygens (including phenoxy) is 1. The Balaban J connectivity index is 2.01. The molecule has 0 fully saturated rings. The molecule has 0 spiro atoms. The van der Waals surface area contributed by atoms with E-state index in [0.29, 0.717) is 22.0 Å². The van der Waals surface area contributed by atoms with E-state index in [2.05, 4.69) is 0 Å². The molecule has 0 N–H and O–H groups in total. The zero-order chi connectivity index (χ0) is 15.9. The lowest BCUT2D eigenvalue weighted by Crippen LogP contribution is -2.44. The molecule has 0 unspecified atom stereocenters. The molecule has 0 radical (unpaired) electrons. The van der Waals surface area contributed by atoms with Crippen molar-refractivity contribution in [2.75, 3.05) is 4.90 Å². The van der Waals surface area contributed by atoms with Crippen molar-refractivity contribution in [3.05, 3.63) is 58.4 Å². The van der Waals surface area contributed by atoms with Gasteiger partial charge in [-0.25, -0.2) is 4.39 Å². The Morgan fingerprint density at radius 2 is 2.05 bits per heavy atom. The maximum Gasteiger partial charge on any atom is 0.268 e. The van der Waals surface area contributed by atoms with Crippen molar-refractivity contribution in [2.45, 2.75) is 26.5 Å². The Kier molecular flexibility index (Phi) is 3.79. The highest BCUT2D eigenvalue weighted by molar-refractivity contribution is 6.31. The first-order valence-electron chi connectivity index (χ1n) is 6.98. The Bertz CT molecular complexity index is 747. The Morgan fingerprint density at radius 3 is 2.77 bits per heavy atom. The van der Waals surface area contributed by atoms with E-state index in [0.717, 1.165) is 5.56 Å². The number of hydrogen-bond acceptors (Lipinski definition) is 2. The first kappa shape index (κ1) is 14.9. The molecule has 1 aliphatic rings. The van der Waals surface area contributed by atoms with Gasteiger partial charge >= 0.3 is 0 Å². The minimum atomic E-state index is -0.561. The fourth-order valence-electron chi connectivity index (χ4n) is 2.50. The summed E-state index contributed by atoms with van der Waals surface area (Å²) in [4.78, 5) is 14.1. The standard InChI is InChI=1S/C17H15ClFNO2/c1-10-3-6-16-15(7-10)20(17(21)11(2)22-16)9-12-4-5-13(19)8-14(12)18/h3-8,11H,9H2,1-2H3/t11-/m0/s1. The van der Waals surface area contributed by atoms with Crippen molar-refractivity contribution in [3.8, 4) is 5.75 Å². The number of carbonyl (C=O) groups is 1. The minimum absolute atomic E-state index is 0.140. The molecule has 1 atom stereocenters. The first-order valence-corrected chi connectivity index (χ1v) is 7.36. The van der Waals surface area contributed by atoms with E-state index in [4.69, 9.17) is 16.3 Å². The highest BCUT2D eigenvalue weighted by atomic mass is 35.5. The van der Waals surface area contributed by atoms with E-state index in [1.165, 1.54) is 12.1 Å². The van der Waals surface area contributed by atoms with Crippen LogP contribution in [0.5, 0.6) is 5.75 Å². The summed E-state index contributed by atoms with van der Waals surface area (Å²) in [5, 5.41) is 0.307. The summed E-state index contributed by atoms with van der Waals surface area (Å²) < 4.78 is 18.8. The molecule has 2 aromatic rings. The van der Waals surface area contributed by atoms with Crippen LogP contribution in [0, 0.1) is 12.7 Å². The lowest BCUT2D eigenvalue weighted by molar-refractivity contribution is -0.125. The number of benzene rings is 2. The van der Waals surface area contributed by atoms with Gasteiger partial charge in [-0.2, -0.15) is 0 Å². The van der Waals surface area contributed by atoms with Gasteiger partial charge in [-0.15, -0.1) is 0 Å². The minimum Gasteiger partial charge on any atom is -0.479 e. The topological polar surface area (TPSA) is 29.5 Å². The third kappa shape index (κ3) is 2.66.